The van der Waals surface area contributed by atoms with Crippen molar-refractivity contribution in [2.75, 3.05) is 0 Å². The first-order valence-corrected chi connectivity index (χ1v) is 8.19. The van der Waals surface area contributed by atoms with Gasteiger partial charge in [0.1, 0.15) is 0 Å². The lowest BCUT2D eigenvalue weighted by atomic mass is 10.2. The summed E-state index contributed by atoms with van der Waals surface area (Å²) in [7, 11) is 0. The Hall–Kier alpha value is -1.98. The zero-order chi connectivity index (χ0) is 14.7. The van der Waals surface area contributed by atoms with E-state index in [1.54, 1.807) is 11.3 Å². The molecule has 0 saturated carbocycles. The number of aromatic nitrogens is 1. The molecule has 0 aliphatic carbocycles. The molecule has 21 heavy (non-hydrogen) atoms. The minimum absolute atomic E-state index is 0.0751. The first kappa shape index (κ1) is 14.0. The molecule has 0 spiro atoms. The van der Waals surface area contributed by atoms with E-state index in [4.69, 9.17) is 5.11 Å². The Morgan fingerprint density at radius 2 is 1.95 bits per heavy atom. The summed E-state index contributed by atoms with van der Waals surface area (Å²) < 4.78 is 0. The second-order valence-corrected chi connectivity index (χ2v) is 6.74. The van der Waals surface area contributed by atoms with Crippen LogP contribution in [-0.2, 0) is 17.6 Å². The average Bonchev–Trinajstić information content (AvgIpc) is 3.08. The summed E-state index contributed by atoms with van der Waals surface area (Å²) in [6.45, 7) is 0. The van der Waals surface area contributed by atoms with Crippen molar-refractivity contribution in [2.24, 2.45) is 0 Å². The van der Waals surface area contributed by atoms with Gasteiger partial charge in [-0.1, -0.05) is 30.3 Å². The van der Waals surface area contributed by atoms with Crippen LogP contribution in [0.15, 0.2) is 47.8 Å². The summed E-state index contributed by atoms with van der Waals surface area (Å²) in [5.41, 5.74) is 2.18. The van der Waals surface area contributed by atoms with Crippen molar-refractivity contribution in [1.29, 1.82) is 0 Å². The third-order valence-electron chi connectivity index (χ3n) is 2.99. The molecule has 5 heteroatoms. The second kappa shape index (κ2) is 6.20. The highest BCUT2D eigenvalue weighted by Gasteiger charge is 2.09. The lowest BCUT2D eigenvalue weighted by Crippen LogP contribution is -1.96. The molecular formula is C16H13NO2S2. The van der Waals surface area contributed by atoms with Gasteiger partial charge in [0.25, 0.3) is 0 Å². The Labute approximate surface area is 130 Å². The lowest BCUT2D eigenvalue weighted by molar-refractivity contribution is -0.136. The van der Waals surface area contributed by atoms with Gasteiger partial charge in [-0.15, -0.1) is 22.7 Å². The van der Waals surface area contributed by atoms with Gasteiger partial charge in [0.05, 0.1) is 22.0 Å². The van der Waals surface area contributed by atoms with Crippen LogP contribution < -0.4 is 0 Å². The van der Waals surface area contributed by atoms with Gasteiger partial charge in [0.15, 0.2) is 0 Å². The zero-order valence-corrected chi connectivity index (χ0v) is 12.8. The molecule has 0 fully saturated rings. The molecule has 0 saturated heterocycles. The maximum atomic E-state index is 10.7. The molecule has 0 aliphatic heterocycles. The minimum atomic E-state index is -0.800. The van der Waals surface area contributed by atoms with E-state index < -0.39 is 5.97 Å². The highest BCUT2D eigenvalue weighted by atomic mass is 32.1. The van der Waals surface area contributed by atoms with E-state index in [0.717, 1.165) is 26.9 Å². The van der Waals surface area contributed by atoms with Crippen molar-refractivity contribution in [3.63, 3.8) is 0 Å². The SMILES string of the molecule is O=C(O)Cc1ccc(-c2csc(Cc3ccccc3)n2)s1. The van der Waals surface area contributed by atoms with Gasteiger partial charge in [-0.2, -0.15) is 0 Å². The second-order valence-electron chi connectivity index (χ2n) is 4.63. The van der Waals surface area contributed by atoms with Gasteiger partial charge >= 0.3 is 5.97 Å². The fourth-order valence-electron chi connectivity index (χ4n) is 2.04. The molecule has 106 valence electrons. The monoisotopic (exact) mass is 315 g/mol. The highest BCUT2D eigenvalue weighted by molar-refractivity contribution is 7.16. The van der Waals surface area contributed by atoms with Gasteiger partial charge in [-0.25, -0.2) is 4.98 Å². The van der Waals surface area contributed by atoms with Gasteiger partial charge in [0, 0.05) is 16.7 Å². The van der Waals surface area contributed by atoms with Crippen LogP contribution in [-0.4, -0.2) is 16.1 Å². The topological polar surface area (TPSA) is 50.2 Å². The van der Waals surface area contributed by atoms with E-state index in [1.807, 2.05) is 35.7 Å². The molecule has 2 heterocycles. The summed E-state index contributed by atoms with van der Waals surface area (Å²) >= 11 is 3.14. The minimum Gasteiger partial charge on any atom is -0.481 e. The van der Waals surface area contributed by atoms with E-state index in [1.165, 1.54) is 16.9 Å². The van der Waals surface area contributed by atoms with Crippen LogP contribution in [0.4, 0.5) is 0 Å². The van der Waals surface area contributed by atoms with E-state index >= 15 is 0 Å². The molecule has 1 aromatic carbocycles. The number of nitrogens with zero attached hydrogens (tertiary/aromatic N) is 1. The average molecular weight is 315 g/mol. The third kappa shape index (κ3) is 3.56. The molecule has 0 radical (unpaired) electrons. The molecule has 1 N–H and O–H groups in total. The van der Waals surface area contributed by atoms with Crippen LogP contribution in [0.5, 0.6) is 0 Å². The molecule has 0 unspecified atom stereocenters. The molecule has 3 aromatic rings. The maximum Gasteiger partial charge on any atom is 0.308 e. The Bertz CT molecular complexity index is 746. The lowest BCUT2D eigenvalue weighted by Gasteiger charge is -1.96. The number of thiazole rings is 1. The number of hydrogen-bond donors (Lipinski definition) is 1. The van der Waals surface area contributed by atoms with Crippen molar-refractivity contribution in [3.05, 3.63) is 63.3 Å². The normalized spacial score (nSPS) is 10.7. The molecule has 3 nitrogen and oxygen atoms in total. The van der Waals surface area contributed by atoms with Gasteiger partial charge in [0.2, 0.25) is 0 Å². The molecule has 0 bridgehead atoms. The first-order chi connectivity index (χ1) is 10.2. The van der Waals surface area contributed by atoms with E-state index in [9.17, 15) is 4.79 Å². The molecular weight excluding hydrogens is 302 g/mol. The van der Waals surface area contributed by atoms with Crippen LogP contribution in [0.1, 0.15) is 15.4 Å². The summed E-state index contributed by atoms with van der Waals surface area (Å²) in [6.07, 6.45) is 0.907. The molecule has 0 aliphatic rings. The zero-order valence-electron chi connectivity index (χ0n) is 11.2. The van der Waals surface area contributed by atoms with Crippen LogP contribution in [0.3, 0.4) is 0 Å². The number of rotatable bonds is 5. The summed E-state index contributed by atoms with van der Waals surface area (Å²) in [5.74, 6) is -0.800. The fraction of sp³-hybridized carbons (Fsp3) is 0.125. The Balaban J connectivity index is 1.75. The Morgan fingerprint density at radius 1 is 1.14 bits per heavy atom. The highest BCUT2D eigenvalue weighted by Crippen LogP contribution is 2.30. The molecule has 2 aromatic heterocycles. The molecule has 0 atom stereocenters. The maximum absolute atomic E-state index is 10.7. The van der Waals surface area contributed by atoms with E-state index in [0.29, 0.717) is 0 Å². The van der Waals surface area contributed by atoms with Crippen molar-refractivity contribution >= 4 is 28.6 Å². The van der Waals surface area contributed by atoms with Gasteiger partial charge < -0.3 is 5.11 Å². The summed E-state index contributed by atoms with van der Waals surface area (Å²) in [4.78, 5) is 17.3. The number of carbonyl (C=O) groups is 1. The standard InChI is InChI=1S/C16H13NO2S2/c18-16(19)9-12-6-7-14(21-12)13-10-20-15(17-13)8-11-4-2-1-3-5-11/h1-7,10H,8-9H2,(H,18,19). The Morgan fingerprint density at radius 3 is 2.71 bits per heavy atom. The summed E-state index contributed by atoms with van der Waals surface area (Å²) in [6, 6.07) is 14.1. The fourth-order valence-corrected chi connectivity index (χ4v) is 3.90. The molecule has 3 rings (SSSR count). The van der Waals surface area contributed by atoms with Crippen LogP contribution in [0.25, 0.3) is 10.6 Å². The molecule has 0 amide bonds. The van der Waals surface area contributed by atoms with Crippen molar-refractivity contribution in [2.45, 2.75) is 12.8 Å². The first-order valence-electron chi connectivity index (χ1n) is 6.50. The van der Waals surface area contributed by atoms with Gasteiger partial charge in [-0.05, 0) is 17.7 Å². The Kier molecular flexibility index (Phi) is 4.13. The number of benzene rings is 1. The van der Waals surface area contributed by atoms with Crippen molar-refractivity contribution < 1.29 is 9.90 Å². The summed E-state index contributed by atoms with van der Waals surface area (Å²) in [5, 5.41) is 11.9. The van der Waals surface area contributed by atoms with Crippen LogP contribution >= 0.6 is 22.7 Å². The van der Waals surface area contributed by atoms with E-state index in [-0.39, 0.29) is 6.42 Å². The van der Waals surface area contributed by atoms with E-state index in [2.05, 4.69) is 17.1 Å². The van der Waals surface area contributed by atoms with Crippen LogP contribution in [0.2, 0.25) is 0 Å². The third-order valence-corrected chi connectivity index (χ3v) is 4.95. The smallest absolute Gasteiger partial charge is 0.308 e. The number of carboxylic acids is 1. The number of hydrogen-bond acceptors (Lipinski definition) is 4. The number of carboxylic acid groups (broad SMARTS) is 1. The van der Waals surface area contributed by atoms with Gasteiger partial charge in [-0.3, -0.25) is 4.79 Å². The van der Waals surface area contributed by atoms with Crippen LogP contribution in [0, 0.1) is 0 Å². The predicted molar refractivity (Wildman–Crippen MR) is 86.0 cm³/mol. The van der Waals surface area contributed by atoms with Crippen molar-refractivity contribution in [1.82, 2.24) is 4.98 Å². The predicted octanol–water partition coefficient (Wildman–Crippen LogP) is 4.09. The number of thiophene rings is 1. The van der Waals surface area contributed by atoms with Crippen molar-refractivity contribution in [3.8, 4) is 10.6 Å². The number of aliphatic carboxylic acids is 1. The quantitative estimate of drug-likeness (QED) is 0.771. The largest absolute Gasteiger partial charge is 0.481 e.